The molecule has 1 aromatic heterocycles. The Bertz CT molecular complexity index is 1300. The second-order valence-corrected chi connectivity index (χ2v) is 10.5. The van der Waals surface area contributed by atoms with Gasteiger partial charge < -0.3 is 14.2 Å². The number of sulfone groups is 1. The van der Waals surface area contributed by atoms with Crippen LogP contribution in [-0.2, 0) is 15.4 Å². The monoisotopic (exact) mass is 456 g/mol. The zero-order valence-corrected chi connectivity index (χ0v) is 19.3. The van der Waals surface area contributed by atoms with Crippen LogP contribution in [0.25, 0.3) is 0 Å². The van der Waals surface area contributed by atoms with Crippen molar-refractivity contribution < 1.29 is 27.4 Å². The number of benzene rings is 2. The number of hydrogen-bond donors (Lipinski definition) is 0. The van der Waals surface area contributed by atoms with E-state index in [0.29, 0.717) is 11.5 Å². The highest BCUT2D eigenvalue weighted by atomic mass is 32.2. The smallest absolute Gasteiger partial charge is 0.345 e. The lowest BCUT2D eigenvalue weighted by molar-refractivity contribution is 0.0703. The Morgan fingerprint density at radius 2 is 1.69 bits per heavy atom. The first kappa shape index (κ1) is 21.9. The highest BCUT2D eigenvalue weighted by molar-refractivity contribution is 7.91. The van der Waals surface area contributed by atoms with Gasteiger partial charge in [-0.05, 0) is 65.0 Å². The standard InChI is InChI=1S/C23H24N2O6S/c1-14-6-9-17(10-7-14)32(27,28)20-15(2)24-25(23(3,4)5)21(20)31-22(26)16-8-11-18-19(12-16)30-13-29-18/h6-12H,13H2,1-5H3. The van der Waals surface area contributed by atoms with Crippen molar-refractivity contribution in [1.29, 1.82) is 0 Å². The second kappa shape index (κ2) is 7.67. The Balaban J connectivity index is 1.81. The summed E-state index contributed by atoms with van der Waals surface area (Å²) in [6.07, 6.45) is 0. The van der Waals surface area contributed by atoms with Gasteiger partial charge in [-0.15, -0.1) is 0 Å². The van der Waals surface area contributed by atoms with E-state index in [1.165, 1.54) is 28.9 Å². The Hall–Kier alpha value is -3.33. The molecular weight excluding hydrogens is 432 g/mol. The molecule has 3 aromatic rings. The number of aryl methyl sites for hydroxylation is 2. The molecule has 0 spiro atoms. The molecule has 168 valence electrons. The summed E-state index contributed by atoms with van der Waals surface area (Å²) >= 11 is 0. The molecule has 0 bridgehead atoms. The summed E-state index contributed by atoms with van der Waals surface area (Å²) in [6.45, 7) is 9.07. The predicted molar refractivity (Wildman–Crippen MR) is 116 cm³/mol. The summed E-state index contributed by atoms with van der Waals surface area (Å²) in [5, 5.41) is 4.41. The molecule has 0 saturated carbocycles. The molecule has 1 aliphatic rings. The van der Waals surface area contributed by atoms with Crippen molar-refractivity contribution in [1.82, 2.24) is 9.78 Å². The van der Waals surface area contributed by atoms with E-state index < -0.39 is 21.3 Å². The van der Waals surface area contributed by atoms with E-state index in [-0.39, 0.29) is 33.7 Å². The minimum Gasteiger partial charge on any atom is -0.454 e. The maximum Gasteiger partial charge on any atom is 0.345 e. The van der Waals surface area contributed by atoms with Crippen molar-refractivity contribution in [2.75, 3.05) is 6.79 Å². The first-order valence-electron chi connectivity index (χ1n) is 10.0. The molecule has 2 aromatic carbocycles. The lowest BCUT2D eigenvalue weighted by atomic mass is 10.1. The van der Waals surface area contributed by atoms with E-state index in [9.17, 15) is 13.2 Å². The van der Waals surface area contributed by atoms with Crippen molar-refractivity contribution in [3.05, 3.63) is 59.3 Å². The molecule has 0 atom stereocenters. The summed E-state index contributed by atoms with van der Waals surface area (Å²) in [4.78, 5) is 13.0. The fourth-order valence-corrected chi connectivity index (χ4v) is 4.87. The topological polar surface area (TPSA) is 96.7 Å². The lowest BCUT2D eigenvalue weighted by Crippen LogP contribution is -2.26. The molecule has 0 aliphatic carbocycles. The number of hydrogen-bond acceptors (Lipinski definition) is 7. The normalized spacial score (nSPS) is 13.3. The summed E-state index contributed by atoms with van der Waals surface area (Å²) in [5.74, 6) is 0.0968. The Morgan fingerprint density at radius 1 is 1.03 bits per heavy atom. The van der Waals surface area contributed by atoms with E-state index in [1.54, 1.807) is 25.1 Å². The highest BCUT2D eigenvalue weighted by Gasteiger charge is 2.35. The highest BCUT2D eigenvalue weighted by Crippen LogP contribution is 2.37. The molecule has 2 heterocycles. The number of esters is 1. The van der Waals surface area contributed by atoms with Gasteiger partial charge >= 0.3 is 5.97 Å². The first-order chi connectivity index (χ1) is 15.0. The maximum atomic E-state index is 13.5. The van der Waals surface area contributed by atoms with Crippen molar-refractivity contribution in [2.24, 2.45) is 0 Å². The van der Waals surface area contributed by atoms with E-state index in [1.807, 2.05) is 27.7 Å². The van der Waals surface area contributed by atoms with Crippen LogP contribution in [0.15, 0.2) is 52.3 Å². The molecular formula is C23H24N2O6S. The van der Waals surface area contributed by atoms with Gasteiger partial charge in [-0.2, -0.15) is 5.10 Å². The van der Waals surface area contributed by atoms with Crippen molar-refractivity contribution in [2.45, 2.75) is 49.9 Å². The largest absolute Gasteiger partial charge is 0.454 e. The van der Waals surface area contributed by atoms with E-state index in [0.717, 1.165) is 5.56 Å². The van der Waals surface area contributed by atoms with Crippen LogP contribution in [0.5, 0.6) is 17.4 Å². The number of rotatable bonds is 4. The number of ether oxygens (including phenoxy) is 3. The van der Waals surface area contributed by atoms with Crippen LogP contribution in [0.1, 0.15) is 42.4 Å². The Labute approximate surface area is 186 Å². The molecule has 32 heavy (non-hydrogen) atoms. The average Bonchev–Trinajstić information content (AvgIpc) is 3.31. The van der Waals surface area contributed by atoms with Crippen LogP contribution in [0.2, 0.25) is 0 Å². The van der Waals surface area contributed by atoms with Crippen LogP contribution in [0.4, 0.5) is 0 Å². The van der Waals surface area contributed by atoms with Gasteiger partial charge in [0, 0.05) is 0 Å². The zero-order valence-electron chi connectivity index (χ0n) is 18.5. The van der Waals surface area contributed by atoms with Crippen molar-refractivity contribution in [3.63, 3.8) is 0 Å². The summed E-state index contributed by atoms with van der Waals surface area (Å²) in [7, 11) is -4.00. The lowest BCUT2D eigenvalue weighted by Gasteiger charge is -2.22. The van der Waals surface area contributed by atoms with Gasteiger partial charge in [0.05, 0.1) is 21.7 Å². The zero-order chi connectivity index (χ0) is 23.3. The Kier molecular flexibility index (Phi) is 5.24. The predicted octanol–water partition coefficient (Wildman–Crippen LogP) is 4.04. The number of carbonyl (C=O) groups is 1. The molecule has 4 rings (SSSR count). The number of fused-ring (bicyclic) bond motifs is 1. The fourth-order valence-electron chi connectivity index (χ4n) is 3.35. The third kappa shape index (κ3) is 3.84. The Morgan fingerprint density at radius 3 is 2.34 bits per heavy atom. The quantitative estimate of drug-likeness (QED) is 0.547. The van der Waals surface area contributed by atoms with Gasteiger partial charge in [0.1, 0.15) is 0 Å². The number of carbonyl (C=O) groups excluding carboxylic acids is 1. The summed E-state index contributed by atoms with van der Waals surface area (Å²) < 4.78 is 44.7. The molecule has 0 saturated heterocycles. The average molecular weight is 457 g/mol. The molecule has 8 nitrogen and oxygen atoms in total. The third-order valence-electron chi connectivity index (χ3n) is 5.00. The van der Waals surface area contributed by atoms with Crippen LogP contribution in [-0.4, -0.2) is 31.0 Å². The third-order valence-corrected chi connectivity index (χ3v) is 6.90. The minimum atomic E-state index is -4.00. The minimum absolute atomic E-state index is 0.0722. The summed E-state index contributed by atoms with van der Waals surface area (Å²) in [5.41, 5.74) is 0.734. The van der Waals surface area contributed by atoms with Crippen molar-refractivity contribution in [3.8, 4) is 17.4 Å². The van der Waals surface area contributed by atoms with Crippen LogP contribution >= 0.6 is 0 Å². The molecule has 0 N–H and O–H groups in total. The molecule has 0 unspecified atom stereocenters. The molecule has 0 fully saturated rings. The molecule has 9 heteroatoms. The van der Waals surface area contributed by atoms with E-state index in [2.05, 4.69) is 5.10 Å². The van der Waals surface area contributed by atoms with Crippen LogP contribution < -0.4 is 14.2 Å². The van der Waals surface area contributed by atoms with E-state index in [4.69, 9.17) is 14.2 Å². The van der Waals surface area contributed by atoms with Gasteiger partial charge in [-0.3, -0.25) is 0 Å². The van der Waals surface area contributed by atoms with Gasteiger partial charge in [0.2, 0.25) is 22.5 Å². The molecule has 0 radical (unpaired) electrons. The van der Waals surface area contributed by atoms with Gasteiger partial charge in [-0.1, -0.05) is 17.7 Å². The first-order valence-corrected chi connectivity index (χ1v) is 11.5. The van der Waals surface area contributed by atoms with E-state index >= 15 is 0 Å². The number of aromatic nitrogens is 2. The summed E-state index contributed by atoms with van der Waals surface area (Å²) in [6, 6.07) is 11.1. The number of nitrogens with zero attached hydrogens (tertiary/aromatic N) is 2. The van der Waals surface area contributed by atoms with Gasteiger partial charge in [0.25, 0.3) is 0 Å². The second-order valence-electron chi connectivity index (χ2n) is 8.58. The maximum absolute atomic E-state index is 13.5. The van der Waals surface area contributed by atoms with Crippen molar-refractivity contribution >= 4 is 15.8 Å². The molecule has 1 aliphatic heterocycles. The van der Waals surface area contributed by atoms with Crippen LogP contribution in [0.3, 0.4) is 0 Å². The van der Waals surface area contributed by atoms with Crippen LogP contribution in [0, 0.1) is 13.8 Å². The fraction of sp³-hybridized carbons (Fsp3) is 0.304. The SMILES string of the molecule is Cc1ccc(S(=O)(=O)c2c(C)nn(C(C)(C)C)c2OC(=O)c2ccc3c(c2)OCO3)cc1. The van der Waals surface area contributed by atoms with Gasteiger partial charge in [-0.25, -0.2) is 17.9 Å². The molecule has 0 amide bonds. The van der Waals surface area contributed by atoms with Gasteiger partial charge in [0.15, 0.2) is 16.4 Å².